The summed E-state index contributed by atoms with van der Waals surface area (Å²) in [5, 5.41) is 5.28. The number of hydrogen-bond acceptors (Lipinski definition) is 4. The molecule has 7 nitrogen and oxygen atoms in total. The lowest BCUT2D eigenvalue weighted by Gasteiger charge is -2.19. The zero-order valence-corrected chi connectivity index (χ0v) is 15.0. The van der Waals surface area contributed by atoms with Crippen molar-refractivity contribution in [3.63, 3.8) is 0 Å². The van der Waals surface area contributed by atoms with Crippen LogP contribution in [0, 0.1) is 5.41 Å². The molecular weight excluding hydrogens is 363 g/mol. The van der Waals surface area contributed by atoms with Crippen LogP contribution in [0.1, 0.15) is 20.8 Å². The molecule has 0 radical (unpaired) electrons. The van der Waals surface area contributed by atoms with Gasteiger partial charge in [-0.2, -0.15) is 13.2 Å². The number of urea groups is 1. The highest BCUT2D eigenvalue weighted by Crippen LogP contribution is 2.14. The second kappa shape index (κ2) is 10.0. The highest BCUT2D eigenvalue weighted by molar-refractivity contribution is 6.29. The average molecular weight is 386 g/mol. The minimum Gasteiger partial charge on any atom is -0.389 e. The van der Waals surface area contributed by atoms with Gasteiger partial charge in [0, 0.05) is 24.1 Å². The van der Waals surface area contributed by atoms with Crippen molar-refractivity contribution in [2.75, 3.05) is 19.6 Å². The lowest BCUT2D eigenvalue weighted by Crippen LogP contribution is -2.37. The number of alkyl halides is 3. The van der Waals surface area contributed by atoms with Crippen LogP contribution in [0.5, 0.6) is 0 Å². The summed E-state index contributed by atoms with van der Waals surface area (Å²) in [5.74, 6) is -0.0872. The summed E-state index contributed by atoms with van der Waals surface area (Å²) in [7, 11) is 0. The Bertz CT molecular complexity index is 540. The predicted octanol–water partition coefficient (Wildman–Crippen LogP) is 1.56. The molecule has 0 atom stereocenters. The van der Waals surface area contributed by atoms with Crippen LogP contribution >= 0.6 is 11.6 Å². The van der Waals surface area contributed by atoms with Gasteiger partial charge in [-0.25, -0.2) is 4.79 Å². The van der Waals surface area contributed by atoms with Gasteiger partial charge in [-0.05, 0) is 6.08 Å². The Kier molecular flexibility index (Phi) is 9.18. The van der Waals surface area contributed by atoms with Gasteiger partial charge in [-0.1, -0.05) is 32.4 Å². The molecule has 0 saturated carbocycles. The lowest BCUT2D eigenvalue weighted by atomic mass is 9.96. The second-order valence-electron chi connectivity index (χ2n) is 6.08. The van der Waals surface area contributed by atoms with E-state index in [1.807, 2.05) is 0 Å². The quantitative estimate of drug-likeness (QED) is 0.434. The van der Waals surface area contributed by atoms with E-state index in [-0.39, 0.29) is 29.5 Å². The van der Waals surface area contributed by atoms with Gasteiger partial charge in [0.2, 0.25) is 5.91 Å². The Hall–Kier alpha value is -2.10. The predicted molar refractivity (Wildman–Crippen MR) is 89.0 cm³/mol. The van der Waals surface area contributed by atoms with Crippen LogP contribution < -0.4 is 22.1 Å². The standard InChI is InChI=1S/C13H22ClN5O2.CHF3/c1-13(2,3)11(20)18-9(15)6-8(10(14)16)7-19-5-4-17-12(19)21;2-1(3)4/h6H,4-5,7,15-16H2,1-3H3,(H,17,21)(H,18,20);1H/b9-6+,10-8+;. The summed E-state index contributed by atoms with van der Waals surface area (Å²) in [6.07, 6.45) is 1.47. The molecule has 1 aliphatic rings. The normalized spacial score (nSPS) is 16.1. The van der Waals surface area contributed by atoms with Crippen LogP contribution in [0.3, 0.4) is 0 Å². The Morgan fingerprint density at radius 1 is 1.40 bits per heavy atom. The molecule has 0 aromatic rings. The summed E-state index contributed by atoms with van der Waals surface area (Å²) in [5.41, 5.74) is 11.3. The molecule has 6 N–H and O–H groups in total. The van der Waals surface area contributed by atoms with Gasteiger partial charge in [0.1, 0.15) is 11.0 Å². The Labute approximate surface area is 149 Å². The number of halogens is 4. The molecule has 1 fully saturated rings. The zero-order valence-electron chi connectivity index (χ0n) is 14.2. The van der Waals surface area contributed by atoms with E-state index in [2.05, 4.69) is 10.6 Å². The maximum absolute atomic E-state index is 11.8. The van der Waals surface area contributed by atoms with E-state index in [0.29, 0.717) is 18.7 Å². The minimum atomic E-state index is -3.67. The van der Waals surface area contributed by atoms with Crippen molar-refractivity contribution in [1.29, 1.82) is 0 Å². The van der Waals surface area contributed by atoms with Crippen LogP contribution in [0.4, 0.5) is 18.0 Å². The van der Waals surface area contributed by atoms with Crippen molar-refractivity contribution < 1.29 is 22.8 Å². The van der Waals surface area contributed by atoms with Crippen LogP contribution in [-0.2, 0) is 4.79 Å². The molecule has 11 heteroatoms. The van der Waals surface area contributed by atoms with Gasteiger partial charge in [-0.3, -0.25) is 4.79 Å². The van der Waals surface area contributed by atoms with E-state index in [4.69, 9.17) is 23.1 Å². The first-order valence-electron chi connectivity index (χ1n) is 7.22. The number of rotatable bonds is 4. The molecule has 0 bridgehead atoms. The molecule has 1 saturated heterocycles. The number of nitrogens with two attached hydrogens (primary N) is 2. The molecule has 0 aliphatic carbocycles. The summed E-state index contributed by atoms with van der Waals surface area (Å²) in [6.45, 7) is 3.03. The van der Waals surface area contributed by atoms with E-state index in [9.17, 15) is 22.8 Å². The van der Waals surface area contributed by atoms with Crippen molar-refractivity contribution in [2.45, 2.75) is 27.5 Å². The van der Waals surface area contributed by atoms with Crippen LogP contribution in [0.15, 0.2) is 22.6 Å². The topological polar surface area (TPSA) is 113 Å². The van der Waals surface area contributed by atoms with Crippen LogP contribution in [-0.4, -0.2) is 43.2 Å². The molecule has 0 spiro atoms. The minimum absolute atomic E-state index is 0.0302. The number of amides is 3. The summed E-state index contributed by atoms with van der Waals surface area (Å²) >= 11 is 5.83. The maximum atomic E-state index is 11.8. The third-order valence-corrected chi connectivity index (χ3v) is 3.12. The summed E-state index contributed by atoms with van der Waals surface area (Å²) in [6, 6.07) is -0.184. The second-order valence-corrected chi connectivity index (χ2v) is 6.49. The first kappa shape index (κ1) is 22.9. The van der Waals surface area contributed by atoms with E-state index < -0.39 is 12.1 Å². The molecule has 25 heavy (non-hydrogen) atoms. The van der Waals surface area contributed by atoms with Crippen molar-refractivity contribution >= 4 is 23.5 Å². The third kappa shape index (κ3) is 9.70. The number of nitrogens with one attached hydrogen (secondary N) is 2. The van der Waals surface area contributed by atoms with E-state index in [1.54, 1.807) is 25.7 Å². The zero-order chi connectivity index (χ0) is 19.8. The summed E-state index contributed by atoms with van der Waals surface area (Å²) in [4.78, 5) is 24.9. The monoisotopic (exact) mass is 385 g/mol. The van der Waals surface area contributed by atoms with E-state index >= 15 is 0 Å². The van der Waals surface area contributed by atoms with Gasteiger partial charge < -0.3 is 27.0 Å². The third-order valence-electron chi connectivity index (χ3n) is 2.88. The fourth-order valence-corrected chi connectivity index (χ4v) is 1.71. The number of nitrogens with zero attached hydrogens (tertiary/aromatic N) is 1. The fourth-order valence-electron chi connectivity index (χ4n) is 1.60. The van der Waals surface area contributed by atoms with E-state index in [0.717, 1.165) is 0 Å². The molecular formula is C14H23ClF3N5O2. The van der Waals surface area contributed by atoms with Crippen molar-refractivity contribution in [3.8, 4) is 0 Å². The van der Waals surface area contributed by atoms with Crippen LogP contribution in [0.2, 0.25) is 0 Å². The van der Waals surface area contributed by atoms with Crippen molar-refractivity contribution in [1.82, 2.24) is 15.5 Å². The highest BCUT2D eigenvalue weighted by atomic mass is 35.5. The molecule has 1 rings (SSSR count). The van der Waals surface area contributed by atoms with E-state index in [1.165, 1.54) is 6.08 Å². The lowest BCUT2D eigenvalue weighted by molar-refractivity contribution is -0.127. The number of carbonyl (C=O) groups is 2. The first-order valence-corrected chi connectivity index (χ1v) is 7.60. The fraction of sp³-hybridized carbons (Fsp3) is 0.571. The van der Waals surface area contributed by atoms with Gasteiger partial charge in [-0.15, -0.1) is 0 Å². The summed E-state index contributed by atoms with van der Waals surface area (Å²) < 4.78 is 29.0. The molecule has 1 heterocycles. The highest BCUT2D eigenvalue weighted by Gasteiger charge is 2.23. The van der Waals surface area contributed by atoms with Gasteiger partial charge in [0.15, 0.2) is 0 Å². The number of hydrogen-bond donors (Lipinski definition) is 4. The van der Waals surface area contributed by atoms with Crippen molar-refractivity contribution in [2.24, 2.45) is 16.9 Å². The van der Waals surface area contributed by atoms with Gasteiger partial charge >= 0.3 is 12.7 Å². The largest absolute Gasteiger partial charge is 0.389 e. The molecule has 1 aliphatic heterocycles. The van der Waals surface area contributed by atoms with Gasteiger partial charge in [0.25, 0.3) is 0 Å². The SMILES string of the molecule is CC(C)(C)C(=O)N/C(N)=C/C(CN1CCNC1=O)=C(\N)Cl.FC(F)F. The van der Waals surface area contributed by atoms with Crippen molar-refractivity contribution in [3.05, 3.63) is 22.6 Å². The molecule has 0 aromatic carbocycles. The first-order chi connectivity index (χ1) is 11.3. The Balaban J connectivity index is 0.00000129. The van der Waals surface area contributed by atoms with Crippen LogP contribution in [0.25, 0.3) is 0 Å². The van der Waals surface area contributed by atoms with Gasteiger partial charge in [0.05, 0.1) is 6.54 Å². The Morgan fingerprint density at radius 2 is 1.92 bits per heavy atom. The molecule has 0 aromatic heterocycles. The smallest absolute Gasteiger partial charge is 0.379 e. The average Bonchev–Trinajstić information content (AvgIpc) is 2.81. The Morgan fingerprint density at radius 3 is 2.28 bits per heavy atom. The molecule has 144 valence electrons. The number of carbonyl (C=O) groups excluding carboxylic acids is 2. The molecule has 3 amide bonds. The molecule has 0 unspecified atom stereocenters. The maximum Gasteiger partial charge on any atom is 0.379 e.